The third-order valence-electron chi connectivity index (χ3n) is 2.28. The van der Waals surface area contributed by atoms with E-state index >= 15 is 0 Å². The normalized spacial score (nSPS) is 12.1. The van der Waals surface area contributed by atoms with Gasteiger partial charge in [-0.2, -0.15) is 4.99 Å². The molecule has 1 aromatic rings. The number of hydrogen-bond donors (Lipinski definition) is 3. The van der Waals surface area contributed by atoms with Crippen LogP contribution in [0.4, 0.5) is 0 Å². The first kappa shape index (κ1) is 15.9. The molecule has 0 saturated heterocycles. The molecule has 9 heteroatoms. The number of rotatable bonds is 3. The van der Waals surface area contributed by atoms with Crippen molar-refractivity contribution < 1.29 is 8.42 Å². The number of nitrogens with two attached hydrogens (primary N) is 3. The van der Waals surface area contributed by atoms with Crippen molar-refractivity contribution in [1.29, 1.82) is 0 Å². The fraction of sp³-hybridized carbons (Fsp3) is 0.273. The Kier molecular flexibility index (Phi) is 5.06. The maximum atomic E-state index is 11.1. The van der Waals surface area contributed by atoms with Gasteiger partial charge in [-0.05, 0) is 17.7 Å². The first-order valence-corrected chi connectivity index (χ1v) is 7.18. The summed E-state index contributed by atoms with van der Waals surface area (Å²) in [5.74, 6) is 0.294. The lowest BCUT2D eigenvalue weighted by Gasteiger charge is -2.11. The van der Waals surface area contributed by atoms with E-state index in [9.17, 15) is 8.42 Å². The molecule has 1 aromatic carbocycles. The molecule has 0 aliphatic rings. The lowest BCUT2D eigenvalue weighted by molar-refractivity contribution is 0.597. The second kappa shape index (κ2) is 6.35. The van der Waals surface area contributed by atoms with Crippen LogP contribution in [0.25, 0.3) is 0 Å². The van der Waals surface area contributed by atoms with Crippen LogP contribution in [0.15, 0.2) is 39.1 Å². The molecule has 0 saturated carbocycles. The van der Waals surface area contributed by atoms with E-state index in [-0.39, 0.29) is 10.9 Å². The molecule has 8 nitrogen and oxygen atoms in total. The highest BCUT2D eigenvalue weighted by atomic mass is 32.2. The fourth-order valence-corrected chi connectivity index (χ4v) is 1.85. The number of nitrogens with zero attached hydrogens (tertiary/aromatic N) is 3. The Hall–Kier alpha value is -2.13. The lowest BCUT2D eigenvalue weighted by Crippen LogP contribution is -2.29. The minimum Gasteiger partial charge on any atom is -0.370 e. The van der Waals surface area contributed by atoms with E-state index in [1.807, 2.05) is 0 Å². The number of sulfonamides is 1. The van der Waals surface area contributed by atoms with Crippen LogP contribution in [0.1, 0.15) is 5.56 Å². The second-order valence-electron chi connectivity index (χ2n) is 4.24. The van der Waals surface area contributed by atoms with Crippen molar-refractivity contribution in [3.63, 3.8) is 0 Å². The van der Waals surface area contributed by atoms with Crippen molar-refractivity contribution in [3.8, 4) is 0 Å². The number of benzene rings is 1. The van der Waals surface area contributed by atoms with Crippen LogP contribution in [-0.4, -0.2) is 39.3 Å². The Morgan fingerprint density at radius 1 is 1.20 bits per heavy atom. The van der Waals surface area contributed by atoms with Gasteiger partial charge in [0.15, 0.2) is 5.96 Å². The molecule has 0 heterocycles. The average Bonchev–Trinajstić information content (AvgIpc) is 2.33. The zero-order chi connectivity index (χ0) is 15.3. The van der Waals surface area contributed by atoms with Crippen molar-refractivity contribution in [1.82, 2.24) is 4.90 Å². The van der Waals surface area contributed by atoms with Gasteiger partial charge in [-0.3, -0.25) is 0 Å². The number of primary sulfonamides is 1. The molecular weight excluding hydrogens is 280 g/mol. The average molecular weight is 298 g/mol. The van der Waals surface area contributed by atoms with E-state index in [0.29, 0.717) is 12.5 Å². The second-order valence-corrected chi connectivity index (χ2v) is 5.80. The van der Waals surface area contributed by atoms with E-state index in [1.54, 1.807) is 31.1 Å². The number of aliphatic imine (C=N–C) groups is 2. The van der Waals surface area contributed by atoms with Crippen molar-refractivity contribution >= 4 is 21.9 Å². The van der Waals surface area contributed by atoms with Crippen LogP contribution in [0.2, 0.25) is 0 Å². The number of guanidine groups is 2. The molecule has 0 spiro atoms. The zero-order valence-electron chi connectivity index (χ0n) is 11.3. The molecule has 1 rings (SSSR count). The van der Waals surface area contributed by atoms with Crippen molar-refractivity contribution in [2.45, 2.75) is 11.4 Å². The van der Waals surface area contributed by atoms with Gasteiger partial charge in [0.1, 0.15) is 0 Å². The first-order valence-electron chi connectivity index (χ1n) is 5.63. The van der Waals surface area contributed by atoms with Gasteiger partial charge in [0.25, 0.3) is 0 Å². The van der Waals surface area contributed by atoms with Gasteiger partial charge in [-0.1, -0.05) is 12.1 Å². The highest BCUT2D eigenvalue weighted by Crippen LogP contribution is 2.09. The van der Waals surface area contributed by atoms with Crippen LogP contribution in [0, 0.1) is 0 Å². The topological polar surface area (TPSA) is 140 Å². The summed E-state index contributed by atoms with van der Waals surface area (Å²) in [6.45, 7) is 0.315. The molecule has 0 bridgehead atoms. The van der Waals surface area contributed by atoms with Crippen molar-refractivity contribution in [2.24, 2.45) is 26.6 Å². The summed E-state index contributed by atoms with van der Waals surface area (Å²) in [6, 6.07) is 6.12. The summed E-state index contributed by atoms with van der Waals surface area (Å²) < 4.78 is 22.2. The molecule has 110 valence electrons. The smallest absolute Gasteiger partial charge is 0.238 e. The molecule has 0 amide bonds. The molecule has 0 atom stereocenters. The number of hydrogen-bond acceptors (Lipinski definition) is 3. The SMILES string of the molecule is CN(C)C(N=C(N)N)=NCc1ccc(S(N)(=O)=O)cc1. The fourth-order valence-electron chi connectivity index (χ4n) is 1.34. The van der Waals surface area contributed by atoms with Gasteiger partial charge in [-0.15, -0.1) is 0 Å². The molecule has 0 aliphatic carbocycles. The largest absolute Gasteiger partial charge is 0.370 e. The monoisotopic (exact) mass is 298 g/mol. The highest BCUT2D eigenvalue weighted by molar-refractivity contribution is 7.89. The standard InChI is InChI=1S/C11H18N6O2S/c1-17(2)11(16-10(12)13)15-7-8-3-5-9(6-4-8)20(14,18)19/h3-6H,7H2,1-2H3,(H2,14,18,19)(H4,12,13,15,16). The van der Waals surface area contributed by atoms with E-state index in [0.717, 1.165) is 5.56 Å². The summed E-state index contributed by atoms with van der Waals surface area (Å²) in [7, 11) is -0.161. The maximum absolute atomic E-state index is 11.1. The third-order valence-corrected chi connectivity index (χ3v) is 3.21. The van der Waals surface area contributed by atoms with E-state index in [1.165, 1.54) is 12.1 Å². The van der Waals surface area contributed by atoms with Crippen molar-refractivity contribution in [2.75, 3.05) is 14.1 Å². The van der Waals surface area contributed by atoms with Gasteiger partial charge in [-0.25, -0.2) is 18.5 Å². The maximum Gasteiger partial charge on any atom is 0.238 e. The van der Waals surface area contributed by atoms with Crippen LogP contribution in [0.3, 0.4) is 0 Å². The quantitative estimate of drug-likeness (QED) is 0.486. The van der Waals surface area contributed by atoms with Gasteiger partial charge >= 0.3 is 0 Å². The Morgan fingerprint density at radius 3 is 2.15 bits per heavy atom. The molecule has 0 fully saturated rings. The van der Waals surface area contributed by atoms with E-state index < -0.39 is 10.0 Å². The van der Waals surface area contributed by atoms with Gasteiger partial charge in [0.05, 0.1) is 11.4 Å². The molecule has 6 N–H and O–H groups in total. The Labute approximate surface area is 118 Å². The summed E-state index contributed by atoms with van der Waals surface area (Å²) in [5.41, 5.74) is 11.4. The Balaban J connectivity index is 2.91. The molecule has 0 radical (unpaired) electrons. The van der Waals surface area contributed by atoms with Gasteiger partial charge in [0.2, 0.25) is 16.0 Å². The van der Waals surface area contributed by atoms with Crippen LogP contribution < -0.4 is 16.6 Å². The predicted octanol–water partition coefficient (Wildman–Crippen LogP) is -0.975. The predicted molar refractivity (Wildman–Crippen MR) is 78.5 cm³/mol. The van der Waals surface area contributed by atoms with E-state index in [4.69, 9.17) is 16.6 Å². The lowest BCUT2D eigenvalue weighted by atomic mass is 10.2. The third kappa shape index (κ3) is 4.86. The molecular formula is C11H18N6O2S. The van der Waals surface area contributed by atoms with E-state index in [2.05, 4.69) is 9.98 Å². The zero-order valence-corrected chi connectivity index (χ0v) is 12.1. The van der Waals surface area contributed by atoms with Crippen LogP contribution >= 0.6 is 0 Å². The molecule has 0 aliphatic heterocycles. The highest BCUT2D eigenvalue weighted by Gasteiger charge is 2.06. The molecule has 0 unspecified atom stereocenters. The summed E-state index contributed by atoms with van der Waals surface area (Å²) in [5, 5.41) is 5.02. The van der Waals surface area contributed by atoms with Gasteiger partial charge in [0, 0.05) is 14.1 Å². The minimum atomic E-state index is -3.68. The summed E-state index contributed by atoms with van der Waals surface area (Å²) >= 11 is 0. The molecule has 0 aromatic heterocycles. The van der Waals surface area contributed by atoms with Gasteiger partial charge < -0.3 is 16.4 Å². The van der Waals surface area contributed by atoms with Crippen LogP contribution in [0.5, 0.6) is 0 Å². The van der Waals surface area contributed by atoms with Crippen molar-refractivity contribution in [3.05, 3.63) is 29.8 Å². The Bertz CT molecular complexity index is 615. The minimum absolute atomic E-state index is 0.0577. The van der Waals surface area contributed by atoms with Crippen LogP contribution in [-0.2, 0) is 16.6 Å². The summed E-state index contributed by atoms with van der Waals surface area (Å²) in [4.78, 5) is 9.84. The molecule has 20 heavy (non-hydrogen) atoms. The first-order chi connectivity index (χ1) is 9.20. The summed E-state index contributed by atoms with van der Waals surface area (Å²) in [6.07, 6.45) is 0. The Morgan fingerprint density at radius 2 is 1.75 bits per heavy atom.